The van der Waals surface area contributed by atoms with Crippen LogP contribution >= 0.6 is 38.5 Å². The second-order valence-corrected chi connectivity index (χ2v) is 5.79. The van der Waals surface area contributed by atoms with Crippen molar-refractivity contribution in [3.05, 3.63) is 26.2 Å². The maximum absolute atomic E-state index is 5.58. The van der Waals surface area contributed by atoms with Crippen molar-refractivity contribution < 1.29 is 4.74 Å². The fraction of sp³-hybridized carbons (Fsp3) is 0.333. The van der Waals surface area contributed by atoms with Crippen molar-refractivity contribution in [3.63, 3.8) is 0 Å². The van der Waals surface area contributed by atoms with Crippen molar-refractivity contribution in [1.82, 2.24) is 0 Å². The van der Waals surface area contributed by atoms with Crippen LogP contribution in [0.5, 0.6) is 5.75 Å². The molecule has 0 aliphatic rings. The zero-order valence-corrected chi connectivity index (χ0v) is 13.3. The molecule has 0 fully saturated rings. The summed E-state index contributed by atoms with van der Waals surface area (Å²) < 4.78 is 7.90. The molecule has 0 unspecified atom stereocenters. The SMILES string of the molecule is [SiH3]CCCOc1ccc(Br)c(I)c1. The molecule has 0 aromatic heterocycles. The lowest BCUT2D eigenvalue weighted by Crippen LogP contribution is -1.96. The highest BCUT2D eigenvalue weighted by Gasteiger charge is 1.98. The third kappa shape index (κ3) is 3.99. The largest absolute Gasteiger partial charge is 0.494 e. The van der Waals surface area contributed by atoms with E-state index in [0.717, 1.165) is 16.8 Å². The Labute approximate surface area is 104 Å². The fourth-order valence-corrected chi connectivity index (χ4v) is 1.92. The number of ether oxygens (including phenoxy) is 1. The third-order valence-electron chi connectivity index (χ3n) is 1.66. The van der Waals surface area contributed by atoms with Crippen LogP contribution in [0.25, 0.3) is 0 Å². The molecule has 0 saturated heterocycles. The maximum Gasteiger partial charge on any atom is 0.120 e. The van der Waals surface area contributed by atoms with Gasteiger partial charge in [0.05, 0.1) is 6.61 Å². The van der Waals surface area contributed by atoms with Crippen molar-refractivity contribution in [1.29, 1.82) is 0 Å². The number of benzene rings is 1. The van der Waals surface area contributed by atoms with Crippen LogP contribution < -0.4 is 4.74 Å². The monoisotopic (exact) mass is 370 g/mol. The fourth-order valence-electron chi connectivity index (χ4n) is 0.901. The highest BCUT2D eigenvalue weighted by atomic mass is 127. The van der Waals surface area contributed by atoms with Gasteiger partial charge in [-0.25, -0.2) is 0 Å². The lowest BCUT2D eigenvalue weighted by atomic mass is 10.3. The summed E-state index contributed by atoms with van der Waals surface area (Å²) in [5.74, 6) is 0.975. The minimum absolute atomic E-state index is 0.848. The third-order valence-corrected chi connectivity index (χ3v) is 4.69. The summed E-state index contributed by atoms with van der Waals surface area (Å²) in [6.45, 7) is 0.848. The molecule has 1 aromatic carbocycles. The number of halogens is 2. The predicted molar refractivity (Wildman–Crippen MR) is 71.7 cm³/mol. The van der Waals surface area contributed by atoms with Crippen LogP contribution in [0.1, 0.15) is 6.42 Å². The molecule has 0 aliphatic carbocycles. The molecule has 72 valence electrons. The summed E-state index contributed by atoms with van der Waals surface area (Å²) in [7, 11) is 1.27. The summed E-state index contributed by atoms with van der Waals surface area (Å²) in [4.78, 5) is 0. The Bertz CT molecular complexity index is 280. The highest BCUT2D eigenvalue weighted by molar-refractivity contribution is 14.1. The van der Waals surface area contributed by atoms with E-state index in [-0.39, 0.29) is 0 Å². The predicted octanol–water partition coefficient (Wildman–Crippen LogP) is 2.61. The van der Waals surface area contributed by atoms with E-state index in [1.165, 1.54) is 26.3 Å². The lowest BCUT2D eigenvalue weighted by molar-refractivity contribution is 0.317. The van der Waals surface area contributed by atoms with E-state index < -0.39 is 0 Å². The van der Waals surface area contributed by atoms with Crippen molar-refractivity contribution in [2.24, 2.45) is 0 Å². The topological polar surface area (TPSA) is 9.23 Å². The van der Waals surface area contributed by atoms with Gasteiger partial charge in [0.2, 0.25) is 0 Å². The summed E-state index contributed by atoms with van der Waals surface area (Å²) in [6, 6.07) is 7.39. The second kappa shape index (κ2) is 6.03. The quantitative estimate of drug-likeness (QED) is 0.449. The molecule has 1 aromatic rings. The van der Waals surface area contributed by atoms with E-state index in [1.807, 2.05) is 12.1 Å². The first-order chi connectivity index (χ1) is 6.24. The first-order valence-corrected chi connectivity index (χ1v) is 7.60. The minimum Gasteiger partial charge on any atom is -0.494 e. The lowest BCUT2D eigenvalue weighted by Gasteiger charge is -2.05. The van der Waals surface area contributed by atoms with Gasteiger partial charge in [-0.2, -0.15) is 0 Å². The Balaban J connectivity index is 2.53. The van der Waals surface area contributed by atoms with E-state index in [2.05, 4.69) is 44.6 Å². The summed E-state index contributed by atoms with van der Waals surface area (Å²) in [5, 5.41) is 0. The summed E-state index contributed by atoms with van der Waals surface area (Å²) >= 11 is 5.74. The van der Waals surface area contributed by atoms with Gasteiger partial charge in [0.1, 0.15) is 5.75 Å². The van der Waals surface area contributed by atoms with Gasteiger partial charge in [-0.1, -0.05) is 6.04 Å². The average molecular weight is 371 g/mol. The highest BCUT2D eigenvalue weighted by Crippen LogP contribution is 2.23. The molecule has 13 heavy (non-hydrogen) atoms. The molecule has 0 saturated carbocycles. The van der Waals surface area contributed by atoms with E-state index in [4.69, 9.17) is 4.74 Å². The molecule has 0 bridgehead atoms. The summed E-state index contributed by atoms with van der Waals surface area (Å²) in [5.41, 5.74) is 0. The van der Waals surface area contributed by atoms with Crippen LogP contribution in [0.15, 0.2) is 22.7 Å². The van der Waals surface area contributed by atoms with Crippen molar-refractivity contribution in [2.45, 2.75) is 12.5 Å². The van der Waals surface area contributed by atoms with E-state index in [0.29, 0.717) is 0 Å². The van der Waals surface area contributed by atoms with Gasteiger partial charge in [-0.3, -0.25) is 0 Å². The van der Waals surface area contributed by atoms with Crippen molar-refractivity contribution >= 4 is 48.8 Å². The molecule has 1 nitrogen and oxygen atoms in total. The zero-order chi connectivity index (χ0) is 9.68. The first kappa shape index (κ1) is 11.5. The first-order valence-electron chi connectivity index (χ1n) is 4.32. The molecule has 1 rings (SSSR count). The van der Waals surface area contributed by atoms with Crippen molar-refractivity contribution in [3.8, 4) is 5.75 Å². The smallest absolute Gasteiger partial charge is 0.120 e. The minimum atomic E-state index is 0.848. The Morgan fingerprint density at radius 2 is 2.23 bits per heavy atom. The van der Waals surface area contributed by atoms with E-state index >= 15 is 0 Å². The number of hydrogen-bond acceptors (Lipinski definition) is 1. The van der Waals surface area contributed by atoms with Gasteiger partial charge in [0, 0.05) is 18.3 Å². The Kier molecular flexibility index (Phi) is 5.34. The van der Waals surface area contributed by atoms with E-state index in [9.17, 15) is 0 Å². The van der Waals surface area contributed by atoms with Crippen LogP contribution in [0, 0.1) is 3.57 Å². The molecule has 0 heterocycles. The Morgan fingerprint density at radius 3 is 2.85 bits per heavy atom. The van der Waals surface area contributed by atoms with Crippen LogP contribution in [0.3, 0.4) is 0 Å². The normalized spacial score (nSPS) is 10.3. The van der Waals surface area contributed by atoms with Gasteiger partial charge in [-0.05, 0) is 63.1 Å². The van der Waals surface area contributed by atoms with Gasteiger partial charge in [0.25, 0.3) is 0 Å². The molecule has 0 amide bonds. The molecule has 0 N–H and O–H groups in total. The van der Waals surface area contributed by atoms with E-state index in [1.54, 1.807) is 0 Å². The Hall–Kier alpha value is 0.447. The summed E-state index contributed by atoms with van der Waals surface area (Å²) in [6.07, 6.45) is 1.18. The molecule has 0 aliphatic heterocycles. The molecule has 0 spiro atoms. The zero-order valence-electron chi connectivity index (χ0n) is 7.52. The second-order valence-electron chi connectivity index (χ2n) is 2.78. The van der Waals surface area contributed by atoms with Crippen LogP contribution in [0.4, 0.5) is 0 Å². The molecule has 0 atom stereocenters. The van der Waals surface area contributed by atoms with Crippen LogP contribution in [-0.4, -0.2) is 16.8 Å². The van der Waals surface area contributed by atoms with Crippen LogP contribution in [-0.2, 0) is 0 Å². The molecule has 4 heteroatoms. The Morgan fingerprint density at radius 1 is 1.46 bits per heavy atom. The van der Waals surface area contributed by atoms with Gasteiger partial charge >= 0.3 is 0 Å². The number of hydrogen-bond donors (Lipinski definition) is 0. The van der Waals surface area contributed by atoms with Crippen molar-refractivity contribution in [2.75, 3.05) is 6.61 Å². The maximum atomic E-state index is 5.58. The molecule has 0 radical (unpaired) electrons. The number of rotatable bonds is 4. The van der Waals surface area contributed by atoms with Crippen LogP contribution in [0.2, 0.25) is 6.04 Å². The molecular formula is C9H12BrIOSi. The van der Waals surface area contributed by atoms with Gasteiger partial charge < -0.3 is 4.74 Å². The molecular weight excluding hydrogens is 359 g/mol. The standard InChI is InChI=1S/C9H12BrIOSi/c10-8-3-2-7(6-9(8)11)12-4-1-5-13/h2-3,6H,1,4-5H2,13H3. The van der Waals surface area contributed by atoms with Gasteiger partial charge in [0.15, 0.2) is 0 Å². The average Bonchev–Trinajstić information content (AvgIpc) is 2.12. The van der Waals surface area contributed by atoms with Gasteiger partial charge in [-0.15, -0.1) is 0 Å².